The summed E-state index contributed by atoms with van der Waals surface area (Å²) in [6.45, 7) is 3.67. The second-order valence-corrected chi connectivity index (χ2v) is 5.19. The van der Waals surface area contributed by atoms with Crippen LogP contribution in [0.5, 0.6) is 0 Å². The molecule has 0 aliphatic carbocycles. The fourth-order valence-electron chi connectivity index (χ4n) is 2.32. The van der Waals surface area contributed by atoms with E-state index in [1.807, 2.05) is 19.1 Å². The fraction of sp³-hybridized carbons (Fsp3) is 0.222. The SMILES string of the molecule is CC(=O)N(CCNC(=O)c1ccccc1C)c1ccccc1F. The zero-order valence-corrected chi connectivity index (χ0v) is 13.2. The summed E-state index contributed by atoms with van der Waals surface area (Å²) in [4.78, 5) is 25.2. The molecule has 0 radical (unpaired) electrons. The third kappa shape index (κ3) is 4.16. The normalized spacial score (nSPS) is 10.2. The van der Waals surface area contributed by atoms with Crippen LogP contribution in [0.2, 0.25) is 0 Å². The quantitative estimate of drug-likeness (QED) is 0.922. The number of hydrogen-bond acceptors (Lipinski definition) is 2. The van der Waals surface area contributed by atoms with Crippen molar-refractivity contribution in [2.24, 2.45) is 0 Å². The maximum absolute atomic E-state index is 13.8. The largest absolute Gasteiger partial charge is 0.350 e. The summed E-state index contributed by atoms with van der Waals surface area (Å²) in [6, 6.07) is 13.3. The molecule has 0 aliphatic rings. The lowest BCUT2D eigenvalue weighted by Crippen LogP contribution is -2.38. The van der Waals surface area contributed by atoms with Crippen molar-refractivity contribution < 1.29 is 14.0 Å². The highest BCUT2D eigenvalue weighted by Gasteiger charge is 2.15. The van der Waals surface area contributed by atoms with E-state index in [1.165, 1.54) is 17.9 Å². The first-order valence-electron chi connectivity index (χ1n) is 7.37. The maximum atomic E-state index is 13.8. The van der Waals surface area contributed by atoms with E-state index >= 15 is 0 Å². The van der Waals surface area contributed by atoms with Crippen molar-refractivity contribution in [1.82, 2.24) is 5.32 Å². The van der Waals surface area contributed by atoms with Gasteiger partial charge in [-0.2, -0.15) is 0 Å². The van der Waals surface area contributed by atoms with Crippen LogP contribution in [-0.4, -0.2) is 24.9 Å². The third-order valence-electron chi connectivity index (χ3n) is 3.53. The predicted molar refractivity (Wildman–Crippen MR) is 87.9 cm³/mol. The number of nitrogens with zero attached hydrogens (tertiary/aromatic N) is 1. The lowest BCUT2D eigenvalue weighted by molar-refractivity contribution is -0.116. The molecule has 5 heteroatoms. The first-order chi connectivity index (χ1) is 11.0. The van der Waals surface area contributed by atoms with Gasteiger partial charge in [-0.05, 0) is 30.7 Å². The van der Waals surface area contributed by atoms with E-state index in [2.05, 4.69) is 5.32 Å². The molecular formula is C18H19FN2O2. The van der Waals surface area contributed by atoms with E-state index in [1.54, 1.807) is 30.3 Å². The lowest BCUT2D eigenvalue weighted by atomic mass is 10.1. The summed E-state index contributed by atoms with van der Waals surface area (Å²) in [6.07, 6.45) is 0. The van der Waals surface area contributed by atoms with Crippen molar-refractivity contribution in [2.45, 2.75) is 13.8 Å². The third-order valence-corrected chi connectivity index (χ3v) is 3.53. The summed E-state index contributed by atoms with van der Waals surface area (Å²) < 4.78 is 13.8. The van der Waals surface area contributed by atoms with Crippen LogP contribution in [0.15, 0.2) is 48.5 Å². The average molecular weight is 314 g/mol. The monoisotopic (exact) mass is 314 g/mol. The summed E-state index contributed by atoms with van der Waals surface area (Å²) >= 11 is 0. The smallest absolute Gasteiger partial charge is 0.251 e. The molecule has 2 aromatic carbocycles. The molecule has 0 heterocycles. The number of anilines is 1. The Hall–Kier alpha value is -2.69. The van der Waals surface area contributed by atoms with Crippen molar-refractivity contribution in [3.8, 4) is 0 Å². The van der Waals surface area contributed by atoms with Gasteiger partial charge in [-0.15, -0.1) is 0 Å². The van der Waals surface area contributed by atoms with Crippen molar-refractivity contribution in [3.05, 3.63) is 65.5 Å². The zero-order valence-electron chi connectivity index (χ0n) is 13.2. The molecule has 1 N–H and O–H groups in total. The van der Waals surface area contributed by atoms with E-state index in [9.17, 15) is 14.0 Å². The minimum atomic E-state index is -0.465. The molecule has 0 bridgehead atoms. The fourth-order valence-corrected chi connectivity index (χ4v) is 2.32. The molecular weight excluding hydrogens is 295 g/mol. The molecule has 4 nitrogen and oxygen atoms in total. The number of halogens is 1. The highest BCUT2D eigenvalue weighted by Crippen LogP contribution is 2.18. The lowest BCUT2D eigenvalue weighted by Gasteiger charge is -2.22. The van der Waals surface area contributed by atoms with Crippen LogP contribution in [0, 0.1) is 12.7 Å². The van der Waals surface area contributed by atoms with Gasteiger partial charge in [0.1, 0.15) is 5.82 Å². The van der Waals surface area contributed by atoms with Gasteiger partial charge in [-0.25, -0.2) is 4.39 Å². The Kier molecular flexibility index (Phi) is 5.46. The second kappa shape index (κ2) is 7.54. The van der Waals surface area contributed by atoms with Gasteiger partial charge in [0.2, 0.25) is 5.91 Å². The van der Waals surface area contributed by atoms with Crippen LogP contribution in [0.3, 0.4) is 0 Å². The van der Waals surface area contributed by atoms with Crippen LogP contribution in [-0.2, 0) is 4.79 Å². The van der Waals surface area contributed by atoms with Crippen LogP contribution < -0.4 is 10.2 Å². The number of carbonyl (C=O) groups excluding carboxylic acids is 2. The molecule has 0 aromatic heterocycles. The standard InChI is InChI=1S/C18H19FN2O2/c1-13-7-3-4-8-15(13)18(23)20-11-12-21(14(2)22)17-10-6-5-9-16(17)19/h3-10H,11-12H2,1-2H3,(H,20,23). The Balaban J connectivity index is 2.01. The van der Waals surface area contributed by atoms with Crippen molar-refractivity contribution in [1.29, 1.82) is 0 Å². The van der Waals surface area contributed by atoms with Gasteiger partial charge in [-0.1, -0.05) is 30.3 Å². The van der Waals surface area contributed by atoms with Crippen molar-refractivity contribution in [2.75, 3.05) is 18.0 Å². The predicted octanol–water partition coefficient (Wildman–Crippen LogP) is 2.92. The number of rotatable bonds is 5. The first kappa shape index (κ1) is 16.7. The van der Waals surface area contributed by atoms with E-state index in [0.29, 0.717) is 5.56 Å². The van der Waals surface area contributed by atoms with Crippen LogP contribution in [0.4, 0.5) is 10.1 Å². The maximum Gasteiger partial charge on any atom is 0.251 e. The van der Waals surface area contributed by atoms with Gasteiger partial charge < -0.3 is 10.2 Å². The van der Waals surface area contributed by atoms with Crippen molar-refractivity contribution >= 4 is 17.5 Å². The Morgan fingerprint density at radius 1 is 1.09 bits per heavy atom. The van der Waals surface area contributed by atoms with Crippen molar-refractivity contribution in [3.63, 3.8) is 0 Å². The molecule has 0 aliphatic heterocycles. The Morgan fingerprint density at radius 3 is 2.39 bits per heavy atom. The molecule has 0 fully saturated rings. The van der Waals surface area contributed by atoms with Gasteiger partial charge >= 0.3 is 0 Å². The summed E-state index contributed by atoms with van der Waals surface area (Å²) in [5.41, 5.74) is 1.68. The molecule has 120 valence electrons. The van der Waals surface area contributed by atoms with Crippen LogP contribution >= 0.6 is 0 Å². The number of amides is 2. The topological polar surface area (TPSA) is 49.4 Å². The highest BCUT2D eigenvalue weighted by atomic mass is 19.1. The van der Waals surface area contributed by atoms with E-state index < -0.39 is 5.82 Å². The van der Waals surface area contributed by atoms with Gasteiger partial charge in [-0.3, -0.25) is 9.59 Å². The summed E-state index contributed by atoms with van der Waals surface area (Å²) in [5.74, 6) is -0.951. The molecule has 0 unspecified atom stereocenters. The van der Waals surface area contributed by atoms with Gasteiger partial charge in [0, 0.05) is 25.6 Å². The van der Waals surface area contributed by atoms with Gasteiger partial charge in [0.25, 0.3) is 5.91 Å². The molecule has 2 aromatic rings. The average Bonchev–Trinajstić information content (AvgIpc) is 2.52. The molecule has 0 saturated heterocycles. The Morgan fingerprint density at radius 2 is 1.74 bits per heavy atom. The Labute approximate surface area is 134 Å². The van der Waals surface area contributed by atoms with Crippen LogP contribution in [0.25, 0.3) is 0 Å². The van der Waals surface area contributed by atoms with E-state index in [4.69, 9.17) is 0 Å². The van der Waals surface area contributed by atoms with E-state index in [0.717, 1.165) is 5.56 Å². The first-order valence-corrected chi connectivity index (χ1v) is 7.37. The highest BCUT2D eigenvalue weighted by molar-refractivity contribution is 5.96. The Bertz CT molecular complexity index is 716. The molecule has 0 spiro atoms. The summed E-state index contributed by atoms with van der Waals surface area (Å²) in [5, 5.41) is 2.76. The summed E-state index contributed by atoms with van der Waals surface area (Å²) in [7, 11) is 0. The van der Waals surface area contributed by atoms with E-state index in [-0.39, 0.29) is 30.6 Å². The molecule has 0 saturated carbocycles. The minimum absolute atomic E-state index is 0.202. The number of para-hydroxylation sites is 1. The molecule has 0 atom stereocenters. The minimum Gasteiger partial charge on any atom is -0.350 e. The molecule has 2 rings (SSSR count). The number of hydrogen-bond donors (Lipinski definition) is 1. The second-order valence-electron chi connectivity index (χ2n) is 5.19. The number of nitrogens with one attached hydrogen (secondary N) is 1. The molecule has 2 amide bonds. The van der Waals surface area contributed by atoms with Gasteiger partial charge in [0.05, 0.1) is 5.69 Å². The zero-order chi connectivity index (χ0) is 16.8. The van der Waals surface area contributed by atoms with Gasteiger partial charge in [0.15, 0.2) is 0 Å². The number of benzene rings is 2. The number of aryl methyl sites for hydroxylation is 1. The van der Waals surface area contributed by atoms with Crippen LogP contribution in [0.1, 0.15) is 22.8 Å². The molecule has 23 heavy (non-hydrogen) atoms. The number of carbonyl (C=O) groups is 2.